The Bertz CT molecular complexity index is 1590. The molecular weight excluding hydrogens is 564 g/mol. The molecule has 0 spiro atoms. The molecule has 4 rings (SSSR count). The maximum Gasteiger partial charge on any atom is 0.272 e. The summed E-state index contributed by atoms with van der Waals surface area (Å²) in [6.45, 7) is 0. The molecule has 0 saturated carbocycles. The average molecular weight is 587 g/mol. The number of halogens is 1. The first kappa shape index (κ1) is 29.1. The normalized spacial score (nSPS) is 10.9. The molecule has 3 amide bonds. The zero-order valence-corrected chi connectivity index (χ0v) is 22.9. The number of hydrogen-bond acceptors (Lipinski definition) is 6. The van der Waals surface area contributed by atoms with Crippen molar-refractivity contribution in [2.75, 3.05) is 16.4 Å². The Balaban J connectivity index is 1.38. The van der Waals surface area contributed by atoms with Crippen LogP contribution in [0.3, 0.4) is 0 Å². The molecule has 0 radical (unpaired) electrons. The molecule has 4 aromatic carbocycles. The van der Waals surface area contributed by atoms with Crippen molar-refractivity contribution in [2.45, 2.75) is 4.90 Å². The monoisotopic (exact) mass is 586 g/mol. The summed E-state index contributed by atoms with van der Waals surface area (Å²) in [6.07, 6.45) is 1.51. The van der Waals surface area contributed by atoms with Gasteiger partial charge in [0, 0.05) is 39.0 Å². The van der Waals surface area contributed by atoms with Crippen LogP contribution in [0, 0.1) is 10.1 Å². The second-order valence-electron chi connectivity index (χ2n) is 8.52. The predicted octanol–water partition coefficient (Wildman–Crippen LogP) is 6.39. The fraction of sp³-hybridized carbons (Fsp3) is 0.0333. The number of hydrogen-bond donors (Lipinski definition) is 3. The number of amides is 3. The standard InChI is InChI=1S/C30H23ClN4O5S/c31-26-9-5-4-8-21(26)18-27(34-29(37)20-6-2-1-3-7-20)30(38)33-23-12-16-25(17-13-23)41-19-28(36)32-22-10-14-24(15-11-22)35(39)40/h1-18H,19H2,(H,32,36)(H,33,38)(H,34,37)/b27-18-. The SMILES string of the molecule is O=C(CSc1ccc(NC(=O)/C(=C/c2ccccc2Cl)NC(=O)c2ccccc2)cc1)Nc1ccc([N+](=O)[O-])cc1. The number of nitro benzene ring substituents is 1. The molecule has 11 heteroatoms. The lowest BCUT2D eigenvalue weighted by molar-refractivity contribution is -0.384. The fourth-order valence-electron chi connectivity index (χ4n) is 3.54. The second-order valence-corrected chi connectivity index (χ2v) is 9.97. The van der Waals surface area contributed by atoms with E-state index in [-0.39, 0.29) is 23.0 Å². The van der Waals surface area contributed by atoms with Gasteiger partial charge in [0.15, 0.2) is 0 Å². The number of thioether (sulfide) groups is 1. The van der Waals surface area contributed by atoms with Crippen molar-refractivity contribution in [3.8, 4) is 0 Å². The summed E-state index contributed by atoms with van der Waals surface area (Å²) in [5.41, 5.74) is 1.84. The van der Waals surface area contributed by atoms with Crippen molar-refractivity contribution in [2.24, 2.45) is 0 Å². The molecule has 0 atom stereocenters. The van der Waals surface area contributed by atoms with Crippen LogP contribution in [0.15, 0.2) is 114 Å². The smallest absolute Gasteiger partial charge is 0.272 e. The molecule has 41 heavy (non-hydrogen) atoms. The minimum absolute atomic E-state index is 0.00770. The zero-order valence-electron chi connectivity index (χ0n) is 21.4. The van der Waals surface area contributed by atoms with Crippen LogP contribution in [-0.4, -0.2) is 28.4 Å². The summed E-state index contributed by atoms with van der Waals surface area (Å²) in [5, 5.41) is 19.3. The van der Waals surface area contributed by atoms with Crippen molar-refractivity contribution in [3.05, 3.63) is 135 Å². The molecule has 0 unspecified atom stereocenters. The first-order chi connectivity index (χ1) is 19.8. The van der Waals surface area contributed by atoms with E-state index < -0.39 is 16.7 Å². The number of anilines is 2. The molecule has 9 nitrogen and oxygen atoms in total. The highest BCUT2D eigenvalue weighted by Crippen LogP contribution is 2.23. The Morgan fingerprint density at radius 2 is 1.41 bits per heavy atom. The van der Waals surface area contributed by atoms with Crippen LogP contribution in [0.5, 0.6) is 0 Å². The highest BCUT2D eigenvalue weighted by atomic mass is 35.5. The second kappa shape index (κ2) is 13.9. The van der Waals surface area contributed by atoms with E-state index in [1.807, 2.05) is 0 Å². The molecule has 0 aliphatic rings. The number of nitrogens with zero attached hydrogens (tertiary/aromatic N) is 1. The van der Waals surface area contributed by atoms with Gasteiger partial charge in [-0.2, -0.15) is 0 Å². The van der Waals surface area contributed by atoms with Gasteiger partial charge >= 0.3 is 0 Å². The van der Waals surface area contributed by atoms with Gasteiger partial charge in [-0.25, -0.2) is 0 Å². The van der Waals surface area contributed by atoms with Gasteiger partial charge in [0.2, 0.25) is 5.91 Å². The van der Waals surface area contributed by atoms with Crippen LogP contribution in [0.1, 0.15) is 15.9 Å². The Morgan fingerprint density at radius 3 is 2.07 bits per heavy atom. The lowest BCUT2D eigenvalue weighted by Gasteiger charge is -2.12. The van der Waals surface area contributed by atoms with Crippen LogP contribution in [0.4, 0.5) is 17.1 Å². The van der Waals surface area contributed by atoms with Gasteiger partial charge < -0.3 is 16.0 Å². The molecule has 0 bridgehead atoms. The molecule has 0 aliphatic carbocycles. The Morgan fingerprint density at radius 1 is 0.805 bits per heavy atom. The third-order valence-electron chi connectivity index (χ3n) is 5.58. The first-order valence-electron chi connectivity index (χ1n) is 12.2. The highest BCUT2D eigenvalue weighted by molar-refractivity contribution is 8.00. The number of rotatable bonds is 10. The summed E-state index contributed by atoms with van der Waals surface area (Å²) in [7, 11) is 0. The summed E-state index contributed by atoms with van der Waals surface area (Å²) in [5.74, 6) is -1.15. The van der Waals surface area contributed by atoms with Gasteiger partial charge in [-0.1, -0.05) is 48.0 Å². The number of nitrogens with one attached hydrogen (secondary N) is 3. The maximum atomic E-state index is 13.2. The lowest BCUT2D eigenvalue weighted by atomic mass is 10.1. The van der Waals surface area contributed by atoms with Gasteiger partial charge in [-0.3, -0.25) is 24.5 Å². The molecular formula is C30H23ClN4O5S. The van der Waals surface area contributed by atoms with E-state index in [0.717, 1.165) is 4.90 Å². The van der Waals surface area contributed by atoms with Crippen LogP contribution in [0.2, 0.25) is 5.02 Å². The quantitative estimate of drug-likeness (QED) is 0.0854. The van der Waals surface area contributed by atoms with Crippen LogP contribution in [0.25, 0.3) is 6.08 Å². The molecule has 0 heterocycles. The lowest BCUT2D eigenvalue weighted by Crippen LogP contribution is -2.30. The van der Waals surface area contributed by atoms with Crippen LogP contribution in [-0.2, 0) is 9.59 Å². The predicted molar refractivity (Wildman–Crippen MR) is 161 cm³/mol. The van der Waals surface area contributed by atoms with Crippen molar-refractivity contribution in [3.63, 3.8) is 0 Å². The summed E-state index contributed by atoms with van der Waals surface area (Å²) in [4.78, 5) is 49.3. The zero-order chi connectivity index (χ0) is 29.2. The molecule has 206 valence electrons. The number of carbonyl (C=O) groups excluding carboxylic acids is 3. The third-order valence-corrected chi connectivity index (χ3v) is 6.93. The van der Waals surface area contributed by atoms with Gasteiger partial charge in [0.25, 0.3) is 17.5 Å². The van der Waals surface area contributed by atoms with Crippen molar-refractivity contribution < 1.29 is 19.3 Å². The molecule has 4 aromatic rings. The van der Waals surface area contributed by atoms with E-state index in [2.05, 4.69) is 16.0 Å². The Labute approximate surface area is 244 Å². The molecule has 3 N–H and O–H groups in total. The molecule has 0 aromatic heterocycles. The maximum absolute atomic E-state index is 13.2. The summed E-state index contributed by atoms with van der Waals surface area (Å²) in [6, 6.07) is 27.9. The summed E-state index contributed by atoms with van der Waals surface area (Å²) >= 11 is 7.56. The van der Waals surface area contributed by atoms with E-state index in [1.54, 1.807) is 78.9 Å². The minimum Gasteiger partial charge on any atom is -0.325 e. The van der Waals surface area contributed by atoms with Crippen molar-refractivity contribution in [1.29, 1.82) is 0 Å². The minimum atomic E-state index is -0.544. The van der Waals surface area contributed by atoms with E-state index >= 15 is 0 Å². The van der Waals surface area contributed by atoms with E-state index in [4.69, 9.17) is 11.6 Å². The fourth-order valence-corrected chi connectivity index (χ4v) is 4.42. The van der Waals surface area contributed by atoms with Gasteiger partial charge in [0.05, 0.1) is 10.7 Å². The van der Waals surface area contributed by atoms with E-state index in [1.165, 1.54) is 42.1 Å². The molecule has 0 fully saturated rings. The largest absolute Gasteiger partial charge is 0.325 e. The number of nitro groups is 1. The van der Waals surface area contributed by atoms with Gasteiger partial charge in [-0.05, 0) is 66.2 Å². The molecule has 0 saturated heterocycles. The molecule has 0 aliphatic heterocycles. The van der Waals surface area contributed by atoms with Crippen LogP contribution < -0.4 is 16.0 Å². The summed E-state index contributed by atoms with van der Waals surface area (Å²) < 4.78 is 0. The van der Waals surface area contributed by atoms with Crippen molar-refractivity contribution >= 4 is 64.2 Å². The Hall–Kier alpha value is -4.93. The first-order valence-corrected chi connectivity index (χ1v) is 13.6. The van der Waals surface area contributed by atoms with Crippen LogP contribution >= 0.6 is 23.4 Å². The van der Waals surface area contributed by atoms with Gasteiger partial charge in [-0.15, -0.1) is 11.8 Å². The number of carbonyl (C=O) groups is 3. The number of non-ortho nitro benzene ring substituents is 1. The third kappa shape index (κ3) is 8.53. The van der Waals surface area contributed by atoms with Gasteiger partial charge in [0.1, 0.15) is 5.70 Å². The van der Waals surface area contributed by atoms with Crippen molar-refractivity contribution in [1.82, 2.24) is 5.32 Å². The Kier molecular flexibility index (Phi) is 9.87. The van der Waals surface area contributed by atoms with E-state index in [9.17, 15) is 24.5 Å². The highest BCUT2D eigenvalue weighted by Gasteiger charge is 2.16. The topological polar surface area (TPSA) is 130 Å². The van der Waals surface area contributed by atoms with E-state index in [0.29, 0.717) is 27.5 Å². The average Bonchev–Trinajstić information content (AvgIpc) is 2.98. The number of benzene rings is 4.